The van der Waals surface area contributed by atoms with Gasteiger partial charge in [-0.05, 0) is 30.5 Å². The summed E-state index contributed by atoms with van der Waals surface area (Å²) in [5.41, 5.74) is -1.14. The highest BCUT2D eigenvalue weighted by molar-refractivity contribution is 5.94. The first kappa shape index (κ1) is 16.9. The Kier molecular flexibility index (Phi) is 4.36. The smallest absolute Gasteiger partial charge is 0.331 e. The van der Waals surface area contributed by atoms with Crippen LogP contribution in [0.3, 0.4) is 0 Å². The van der Waals surface area contributed by atoms with Gasteiger partial charge in [-0.15, -0.1) is 0 Å². The van der Waals surface area contributed by atoms with Crippen molar-refractivity contribution in [3.8, 4) is 0 Å². The lowest BCUT2D eigenvalue weighted by molar-refractivity contribution is -0.142. The average molecular weight is 322 g/mol. The summed E-state index contributed by atoms with van der Waals surface area (Å²) >= 11 is 0. The van der Waals surface area contributed by atoms with Crippen LogP contribution in [-0.2, 0) is 15.0 Å². The second kappa shape index (κ2) is 5.95. The number of allylic oxidation sites excluding steroid dienone is 2. The molecule has 1 aliphatic carbocycles. The molecule has 0 aliphatic heterocycles. The number of alkyl halides is 2. The van der Waals surface area contributed by atoms with Crippen molar-refractivity contribution in [3.63, 3.8) is 0 Å². The van der Waals surface area contributed by atoms with Crippen LogP contribution < -0.4 is 0 Å². The summed E-state index contributed by atoms with van der Waals surface area (Å²) in [6.07, 6.45) is -0.206. The molecule has 0 amide bonds. The summed E-state index contributed by atoms with van der Waals surface area (Å²) in [6.45, 7) is 3.01. The van der Waals surface area contributed by atoms with Gasteiger partial charge in [0.2, 0.25) is 0 Å². The van der Waals surface area contributed by atoms with E-state index in [-0.39, 0.29) is 28.7 Å². The Balaban J connectivity index is 2.67. The van der Waals surface area contributed by atoms with E-state index in [0.29, 0.717) is 5.57 Å². The van der Waals surface area contributed by atoms with Gasteiger partial charge in [-0.1, -0.05) is 30.4 Å². The molecule has 122 valence electrons. The van der Waals surface area contributed by atoms with Gasteiger partial charge in [-0.3, -0.25) is 4.79 Å². The Morgan fingerprint density at radius 1 is 1.22 bits per heavy atom. The van der Waals surface area contributed by atoms with Crippen molar-refractivity contribution in [1.82, 2.24) is 0 Å². The van der Waals surface area contributed by atoms with E-state index in [9.17, 15) is 28.6 Å². The van der Waals surface area contributed by atoms with Gasteiger partial charge in [0.15, 0.2) is 0 Å². The van der Waals surface area contributed by atoms with E-state index in [1.165, 1.54) is 37.3 Å². The number of benzene rings is 1. The van der Waals surface area contributed by atoms with Crippen molar-refractivity contribution >= 4 is 11.9 Å². The van der Waals surface area contributed by atoms with Crippen molar-refractivity contribution in [2.45, 2.75) is 32.1 Å². The van der Waals surface area contributed by atoms with Crippen LogP contribution in [0, 0.1) is 6.92 Å². The Morgan fingerprint density at radius 3 is 2.39 bits per heavy atom. The van der Waals surface area contributed by atoms with E-state index in [1.807, 2.05) is 0 Å². The molecule has 0 spiro atoms. The Morgan fingerprint density at radius 2 is 1.87 bits per heavy atom. The number of carbonyl (C=O) groups is 2. The molecule has 0 radical (unpaired) electrons. The zero-order valence-electron chi connectivity index (χ0n) is 12.6. The molecular formula is C17H16F2O4. The van der Waals surface area contributed by atoms with Crippen molar-refractivity contribution in [3.05, 3.63) is 58.2 Å². The molecule has 0 saturated carbocycles. The monoisotopic (exact) mass is 322 g/mol. The topological polar surface area (TPSA) is 74.6 Å². The highest BCUT2D eigenvalue weighted by Gasteiger charge is 2.43. The molecule has 1 aromatic carbocycles. The average Bonchev–Trinajstić information content (AvgIpc) is 2.47. The summed E-state index contributed by atoms with van der Waals surface area (Å²) in [5, 5.41) is 19.0. The molecule has 1 unspecified atom stereocenters. The third-order valence-corrected chi connectivity index (χ3v) is 4.28. The molecule has 1 aliphatic rings. The Hall–Kier alpha value is -2.50. The minimum absolute atomic E-state index is 0.0308. The molecule has 0 aromatic heterocycles. The maximum Gasteiger partial charge on any atom is 0.331 e. The summed E-state index contributed by atoms with van der Waals surface area (Å²) in [5.74, 6) is -2.48. The number of aliphatic carboxylic acids is 2. The zero-order chi connectivity index (χ0) is 17.4. The molecule has 1 atom stereocenters. The lowest BCUT2D eigenvalue weighted by Crippen LogP contribution is -2.38. The predicted octanol–water partition coefficient (Wildman–Crippen LogP) is 3.62. The van der Waals surface area contributed by atoms with Crippen LogP contribution in [0.4, 0.5) is 8.78 Å². The van der Waals surface area contributed by atoms with Crippen LogP contribution in [0.5, 0.6) is 0 Å². The van der Waals surface area contributed by atoms with Gasteiger partial charge in [0, 0.05) is 17.6 Å². The van der Waals surface area contributed by atoms with Crippen molar-refractivity contribution in [1.29, 1.82) is 0 Å². The first-order valence-electron chi connectivity index (χ1n) is 6.94. The summed E-state index contributed by atoms with van der Waals surface area (Å²) in [4.78, 5) is 23.3. The molecule has 6 heteroatoms. The fourth-order valence-corrected chi connectivity index (χ4v) is 2.91. The lowest BCUT2D eigenvalue weighted by Gasteiger charge is -2.32. The lowest BCUT2D eigenvalue weighted by atomic mass is 9.70. The fraction of sp³-hybridized carbons (Fsp3) is 0.294. The second-order valence-corrected chi connectivity index (χ2v) is 5.57. The van der Waals surface area contributed by atoms with Gasteiger partial charge in [-0.25, -0.2) is 13.6 Å². The fourth-order valence-electron chi connectivity index (χ4n) is 2.91. The number of halogens is 2. The standard InChI is InChI=1S/C17H16F2O4/c1-9-6-7-17(16(22)23,8-12(9)15(20)21)13-5-3-4-11(10(13)2)14(18)19/h3-7,14H,8H2,1-2H3,(H,20,21)(H,22,23). The van der Waals surface area contributed by atoms with Crippen LogP contribution in [0.1, 0.15) is 36.5 Å². The van der Waals surface area contributed by atoms with Crippen molar-refractivity contribution in [2.75, 3.05) is 0 Å². The molecule has 1 aromatic rings. The van der Waals surface area contributed by atoms with Gasteiger partial charge in [0.05, 0.1) is 0 Å². The summed E-state index contributed by atoms with van der Waals surface area (Å²) in [6, 6.07) is 4.07. The molecule has 4 nitrogen and oxygen atoms in total. The minimum Gasteiger partial charge on any atom is -0.480 e. The highest BCUT2D eigenvalue weighted by atomic mass is 19.3. The first-order valence-corrected chi connectivity index (χ1v) is 6.94. The Bertz CT molecular complexity index is 734. The molecular weight excluding hydrogens is 306 g/mol. The van der Waals surface area contributed by atoms with Gasteiger partial charge in [-0.2, -0.15) is 0 Å². The van der Waals surface area contributed by atoms with Gasteiger partial charge in [0.1, 0.15) is 5.41 Å². The third-order valence-electron chi connectivity index (χ3n) is 4.28. The molecule has 0 saturated heterocycles. The van der Waals surface area contributed by atoms with E-state index in [4.69, 9.17) is 0 Å². The molecule has 0 bridgehead atoms. The third kappa shape index (κ3) is 2.76. The number of hydrogen-bond donors (Lipinski definition) is 2. The maximum absolute atomic E-state index is 13.1. The van der Waals surface area contributed by atoms with E-state index in [1.54, 1.807) is 6.92 Å². The van der Waals surface area contributed by atoms with Crippen molar-refractivity contribution in [2.24, 2.45) is 0 Å². The van der Waals surface area contributed by atoms with E-state index in [2.05, 4.69) is 0 Å². The molecule has 0 heterocycles. The maximum atomic E-state index is 13.1. The number of rotatable bonds is 4. The van der Waals surface area contributed by atoms with Crippen LogP contribution >= 0.6 is 0 Å². The van der Waals surface area contributed by atoms with E-state index < -0.39 is 23.8 Å². The van der Waals surface area contributed by atoms with E-state index >= 15 is 0 Å². The SMILES string of the molecule is CC1=C(C(=O)O)CC(C(=O)O)(c2cccc(C(F)F)c2C)C=C1. The van der Waals surface area contributed by atoms with Crippen LogP contribution in [0.25, 0.3) is 0 Å². The molecule has 2 rings (SSSR count). The van der Waals surface area contributed by atoms with Crippen LogP contribution in [-0.4, -0.2) is 22.2 Å². The van der Waals surface area contributed by atoms with Crippen molar-refractivity contribution < 1.29 is 28.6 Å². The summed E-state index contributed by atoms with van der Waals surface area (Å²) < 4.78 is 26.2. The quantitative estimate of drug-likeness (QED) is 0.888. The number of hydrogen-bond acceptors (Lipinski definition) is 2. The predicted molar refractivity (Wildman–Crippen MR) is 79.5 cm³/mol. The normalized spacial score (nSPS) is 20.9. The van der Waals surface area contributed by atoms with Gasteiger partial charge in [0.25, 0.3) is 6.43 Å². The van der Waals surface area contributed by atoms with Crippen LogP contribution in [0.15, 0.2) is 41.5 Å². The largest absolute Gasteiger partial charge is 0.480 e. The minimum atomic E-state index is -2.73. The van der Waals surface area contributed by atoms with Crippen LogP contribution in [0.2, 0.25) is 0 Å². The second-order valence-electron chi connectivity index (χ2n) is 5.57. The molecule has 0 fully saturated rings. The molecule has 2 N–H and O–H groups in total. The van der Waals surface area contributed by atoms with Gasteiger partial charge >= 0.3 is 11.9 Å². The Labute approximate surface area is 131 Å². The highest BCUT2D eigenvalue weighted by Crippen LogP contribution is 2.41. The summed E-state index contributed by atoms with van der Waals surface area (Å²) in [7, 11) is 0. The van der Waals surface area contributed by atoms with Gasteiger partial charge < -0.3 is 10.2 Å². The number of carboxylic acid groups (broad SMARTS) is 2. The number of carboxylic acids is 2. The molecule has 23 heavy (non-hydrogen) atoms. The van der Waals surface area contributed by atoms with E-state index in [0.717, 1.165) is 0 Å². The zero-order valence-corrected chi connectivity index (χ0v) is 12.6. The first-order chi connectivity index (χ1) is 10.7.